The van der Waals surface area contributed by atoms with Gasteiger partial charge in [-0.15, -0.1) is 12.4 Å². The number of halogens is 1. The maximum Gasteiger partial charge on any atom is 0.267 e. The first-order valence-corrected chi connectivity index (χ1v) is 7.41. The normalized spacial score (nSPS) is 21.6. The minimum absolute atomic E-state index is 0. The average molecular weight is 325 g/mol. The van der Waals surface area contributed by atoms with Gasteiger partial charge in [0.05, 0.1) is 5.69 Å². The van der Waals surface area contributed by atoms with Gasteiger partial charge in [0.1, 0.15) is 5.75 Å². The Kier molecular flexibility index (Phi) is 5.08. The highest BCUT2D eigenvalue weighted by Gasteiger charge is 2.30. The van der Waals surface area contributed by atoms with E-state index in [4.69, 9.17) is 4.74 Å². The number of carbonyl (C=O) groups is 2. The van der Waals surface area contributed by atoms with E-state index in [1.807, 2.05) is 0 Å². The molecule has 1 N–H and O–H groups in total. The standard InChI is InChI=1S/C16H20N2O3.ClH/c1-10-16(20)18(2)13-9-12(3-4-14(13)21-10)15(19)11-5-7-17-8-6-11;/h3-4,9-11,17H,5-8H2,1-2H3;1H. The lowest BCUT2D eigenvalue weighted by Gasteiger charge is -2.30. The monoisotopic (exact) mass is 324 g/mol. The number of hydrogen-bond acceptors (Lipinski definition) is 4. The van der Waals surface area contributed by atoms with Crippen LogP contribution in [0.4, 0.5) is 5.69 Å². The van der Waals surface area contributed by atoms with Crippen LogP contribution in [0.25, 0.3) is 0 Å². The number of piperidine rings is 1. The van der Waals surface area contributed by atoms with Gasteiger partial charge in [-0.1, -0.05) is 0 Å². The number of hydrogen-bond donors (Lipinski definition) is 1. The van der Waals surface area contributed by atoms with Crippen LogP contribution in [0, 0.1) is 5.92 Å². The fourth-order valence-electron chi connectivity index (χ4n) is 2.98. The van der Waals surface area contributed by atoms with E-state index in [9.17, 15) is 9.59 Å². The van der Waals surface area contributed by atoms with Crippen molar-refractivity contribution >= 4 is 29.8 Å². The van der Waals surface area contributed by atoms with Gasteiger partial charge < -0.3 is 15.0 Å². The van der Waals surface area contributed by atoms with E-state index in [0.29, 0.717) is 17.0 Å². The van der Waals surface area contributed by atoms with Crippen LogP contribution in [0.5, 0.6) is 5.75 Å². The summed E-state index contributed by atoms with van der Waals surface area (Å²) in [5.74, 6) is 0.813. The molecule has 1 atom stereocenters. The molecule has 1 unspecified atom stereocenters. The molecular weight excluding hydrogens is 304 g/mol. The number of Topliss-reactive ketones (excluding diaryl/α,β-unsaturated/α-hetero) is 1. The van der Waals surface area contributed by atoms with E-state index < -0.39 is 6.10 Å². The number of ether oxygens (including phenoxy) is 1. The van der Waals surface area contributed by atoms with Gasteiger partial charge >= 0.3 is 0 Å². The van der Waals surface area contributed by atoms with Crippen LogP contribution in [0.3, 0.4) is 0 Å². The van der Waals surface area contributed by atoms with Crippen LogP contribution in [-0.4, -0.2) is 37.9 Å². The highest BCUT2D eigenvalue weighted by Crippen LogP contribution is 2.34. The number of likely N-dealkylation sites (N-methyl/N-ethyl adjacent to an activating group) is 1. The summed E-state index contributed by atoms with van der Waals surface area (Å²) in [6.45, 7) is 3.51. The molecule has 3 rings (SSSR count). The molecule has 5 nitrogen and oxygen atoms in total. The van der Waals surface area contributed by atoms with Gasteiger partial charge in [-0.05, 0) is 51.1 Å². The number of carbonyl (C=O) groups excluding carboxylic acids is 2. The Morgan fingerprint density at radius 2 is 2.00 bits per heavy atom. The molecule has 1 aromatic carbocycles. The van der Waals surface area contributed by atoms with Crippen molar-refractivity contribution in [3.8, 4) is 5.75 Å². The van der Waals surface area contributed by atoms with Crippen molar-refractivity contribution in [3.05, 3.63) is 23.8 Å². The third kappa shape index (κ3) is 2.96. The number of amides is 1. The van der Waals surface area contributed by atoms with Crippen molar-refractivity contribution in [2.45, 2.75) is 25.9 Å². The van der Waals surface area contributed by atoms with E-state index >= 15 is 0 Å². The number of anilines is 1. The van der Waals surface area contributed by atoms with Crippen molar-refractivity contribution in [1.82, 2.24) is 5.32 Å². The summed E-state index contributed by atoms with van der Waals surface area (Å²) in [5.41, 5.74) is 1.34. The quantitative estimate of drug-likeness (QED) is 0.846. The summed E-state index contributed by atoms with van der Waals surface area (Å²) in [6, 6.07) is 5.38. The predicted molar refractivity (Wildman–Crippen MR) is 87.1 cm³/mol. The Hall–Kier alpha value is -1.59. The molecule has 22 heavy (non-hydrogen) atoms. The minimum atomic E-state index is -0.478. The van der Waals surface area contributed by atoms with E-state index in [-0.39, 0.29) is 30.0 Å². The van der Waals surface area contributed by atoms with Gasteiger partial charge in [0.15, 0.2) is 11.9 Å². The highest BCUT2D eigenvalue weighted by atomic mass is 35.5. The van der Waals surface area contributed by atoms with Gasteiger partial charge in [0.2, 0.25) is 0 Å². The second-order valence-electron chi connectivity index (χ2n) is 5.73. The third-order valence-electron chi connectivity index (χ3n) is 4.30. The zero-order valence-electron chi connectivity index (χ0n) is 12.8. The van der Waals surface area contributed by atoms with Gasteiger partial charge in [-0.2, -0.15) is 0 Å². The maximum absolute atomic E-state index is 12.6. The number of rotatable bonds is 2. The lowest BCUT2D eigenvalue weighted by atomic mass is 9.89. The Morgan fingerprint density at radius 1 is 1.32 bits per heavy atom. The first kappa shape index (κ1) is 16.8. The largest absolute Gasteiger partial charge is 0.479 e. The predicted octanol–water partition coefficient (Wildman–Crippen LogP) is 2.03. The van der Waals surface area contributed by atoms with Crippen molar-refractivity contribution in [2.75, 3.05) is 25.0 Å². The molecule has 2 heterocycles. The highest BCUT2D eigenvalue weighted by molar-refractivity contribution is 6.03. The zero-order valence-corrected chi connectivity index (χ0v) is 13.6. The lowest BCUT2D eigenvalue weighted by Crippen LogP contribution is -2.42. The Bertz CT molecular complexity index is 585. The van der Waals surface area contributed by atoms with E-state index in [1.165, 1.54) is 0 Å². The van der Waals surface area contributed by atoms with E-state index in [2.05, 4.69) is 5.32 Å². The topological polar surface area (TPSA) is 58.6 Å². The van der Waals surface area contributed by atoms with Crippen molar-refractivity contribution in [2.24, 2.45) is 5.92 Å². The molecule has 1 saturated heterocycles. The van der Waals surface area contributed by atoms with Gasteiger partial charge in [-0.25, -0.2) is 0 Å². The molecule has 0 radical (unpaired) electrons. The Balaban J connectivity index is 0.00000176. The smallest absolute Gasteiger partial charge is 0.267 e. The number of nitrogens with zero attached hydrogens (tertiary/aromatic N) is 1. The fraction of sp³-hybridized carbons (Fsp3) is 0.500. The van der Waals surface area contributed by atoms with Crippen LogP contribution in [-0.2, 0) is 4.79 Å². The number of ketones is 1. The van der Waals surface area contributed by atoms with Crippen molar-refractivity contribution < 1.29 is 14.3 Å². The summed E-state index contributed by atoms with van der Waals surface area (Å²) >= 11 is 0. The molecular formula is C16H21ClN2O3. The molecule has 1 aromatic rings. The van der Waals surface area contributed by atoms with Gasteiger partial charge in [-0.3, -0.25) is 9.59 Å². The molecule has 1 amide bonds. The number of nitrogens with one attached hydrogen (secondary N) is 1. The third-order valence-corrected chi connectivity index (χ3v) is 4.30. The SMILES string of the molecule is CC1Oc2ccc(C(=O)C3CCNCC3)cc2N(C)C1=O.Cl. The summed E-state index contributed by atoms with van der Waals surface area (Å²) in [7, 11) is 1.72. The van der Waals surface area contributed by atoms with Crippen LogP contribution in [0.15, 0.2) is 18.2 Å². The summed E-state index contributed by atoms with van der Waals surface area (Å²) in [4.78, 5) is 26.1. The maximum atomic E-state index is 12.6. The van der Waals surface area contributed by atoms with Crippen molar-refractivity contribution in [1.29, 1.82) is 0 Å². The molecule has 0 aromatic heterocycles. The molecule has 120 valence electrons. The van der Waals surface area contributed by atoms with Crippen LogP contribution in [0.2, 0.25) is 0 Å². The van der Waals surface area contributed by atoms with E-state index in [1.54, 1.807) is 37.1 Å². The van der Waals surface area contributed by atoms with Gasteiger partial charge in [0, 0.05) is 18.5 Å². The van der Waals surface area contributed by atoms with Gasteiger partial charge in [0.25, 0.3) is 5.91 Å². The molecule has 0 bridgehead atoms. The fourth-order valence-corrected chi connectivity index (χ4v) is 2.98. The first-order chi connectivity index (χ1) is 10.1. The molecule has 2 aliphatic rings. The summed E-state index contributed by atoms with van der Waals surface area (Å²) in [5, 5.41) is 3.26. The second-order valence-corrected chi connectivity index (χ2v) is 5.73. The summed E-state index contributed by atoms with van der Waals surface area (Å²) < 4.78 is 5.58. The lowest BCUT2D eigenvalue weighted by molar-refractivity contribution is -0.125. The molecule has 0 saturated carbocycles. The van der Waals surface area contributed by atoms with Crippen LogP contribution in [0.1, 0.15) is 30.1 Å². The Labute approximate surface area is 136 Å². The van der Waals surface area contributed by atoms with E-state index in [0.717, 1.165) is 25.9 Å². The molecule has 2 aliphatic heterocycles. The Morgan fingerprint density at radius 3 is 2.68 bits per heavy atom. The second kappa shape index (κ2) is 6.67. The minimum Gasteiger partial charge on any atom is -0.479 e. The van der Waals surface area contributed by atoms with Crippen LogP contribution < -0.4 is 15.0 Å². The molecule has 0 aliphatic carbocycles. The number of benzene rings is 1. The molecule has 0 spiro atoms. The molecule has 1 fully saturated rings. The zero-order chi connectivity index (χ0) is 15.0. The summed E-state index contributed by atoms with van der Waals surface area (Å²) in [6.07, 6.45) is 1.27. The van der Waals surface area contributed by atoms with Crippen LogP contribution >= 0.6 is 12.4 Å². The average Bonchev–Trinajstić information content (AvgIpc) is 2.53. The number of fused-ring (bicyclic) bond motifs is 1. The molecule has 6 heteroatoms. The van der Waals surface area contributed by atoms with Crippen molar-refractivity contribution in [3.63, 3.8) is 0 Å². The first-order valence-electron chi connectivity index (χ1n) is 7.41.